The van der Waals surface area contributed by atoms with E-state index < -0.39 is 11.4 Å². The minimum atomic E-state index is -0.960. The summed E-state index contributed by atoms with van der Waals surface area (Å²) in [6, 6.07) is 13.7. The fraction of sp³-hybridized carbons (Fsp3) is 0.235. The zero-order chi connectivity index (χ0) is 15.6. The molecule has 2 aromatic rings. The molecular weight excluding hydrogens is 328 g/mol. The lowest BCUT2D eigenvalue weighted by Gasteiger charge is -2.31. The molecule has 0 spiro atoms. The predicted molar refractivity (Wildman–Crippen MR) is 90.2 cm³/mol. The van der Waals surface area contributed by atoms with Gasteiger partial charge < -0.3 is 11.1 Å². The van der Waals surface area contributed by atoms with Crippen molar-refractivity contribution in [2.24, 2.45) is 5.73 Å². The molecule has 2 aromatic carbocycles. The standard InChI is InChI=1S/C17H19BrN2O/c1-11-7-8-15(12(2)9-11)17(3,16(19)21)20-14-6-4-5-13(18)10-14/h4-10,20H,1-3H3,(H2,19,21). The molecule has 1 atom stereocenters. The monoisotopic (exact) mass is 346 g/mol. The van der Waals surface area contributed by atoms with Crippen molar-refractivity contribution in [3.05, 3.63) is 63.6 Å². The molecule has 0 bridgehead atoms. The summed E-state index contributed by atoms with van der Waals surface area (Å²) in [6.45, 7) is 5.83. The van der Waals surface area contributed by atoms with Gasteiger partial charge in [-0.2, -0.15) is 0 Å². The third-order valence-corrected chi connectivity index (χ3v) is 4.13. The highest BCUT2D eigenvalue weighted by atomic mass is 79.9. The van der Waals surface area contributed by atoms with Gasteiger partial charge in [0.2, 0.25) is 5.91 Å². The highest BCUT2D eigenvalue weighted by Gasteiger charge is 2.34. The van der Waals surface area contributed by atoms with Crippen LogP contribution in [0.3, 0.4) is 0 Å². The first-order valence-electron chi connectivity index (χ1n) is 6.74. The number of amides is 1. The Labute approximate surface area is 133 Å². The summed E-state index contributed by atoms with van der Waals surface area (Å²) in [5.74, 6) is -0.408. The van der Waals surface area contributed by atoms with Crippen LogP contribution < -0.4 is 11.1 Å². The zero-order valence-corrected chi connectivity index (χ0v) is 14.0. The van der Waals surface area contributed by atoms with Gasteiger partial charge in [-0.1, -0.05) is 45.8 Å². The van der Waals surface area contributed by atoms with Gasteiger partial charge in [-0.3, -0.25) is 4.79 Å². The fourth-order valence-electron chi connectivity index (χ4n) is 2.49. The van der Waals surface area contributed by atoms with Gasteiger partial charge in [0.15, 0.2) is 0 Å². The van der Waals surface area contributed by atoms with Gasteiger partial charge in [0, 0.05) is 10.2 Å². The van der Waals surface area contributed by atoms with E-state index in [0.29, 0.717) is 0 Å². The second-order valence-electron chi connectivity index (χ2n) is 5.44. The Hall–Kier alpha value is -1.81. The summed E-state index contributed by atoms with van der Waals surface area (Å²) in [4.78, 5) is 12.1. The van der Waals surface area contributed by atoms with Crippen LogP contribution in [0.5, 0.6) is 0 Å². The Bertz CT molecular complexity index is 684. The maximum Gasteiger partial charge on any atom is 0.247 e. The summed E-state index contributed by atoms with van der Waals surface area (Å²) in [5, 5.41) is 3.27. The van der Waals surface area contributed by atoms with Crippen LogP contribution in [0.15, 0.2) is 46.9 Å². The Morgan fingerprint density at radius 3 is 2.48 bits per heavy atom. The highest BCUT2D eigenvalue weighted by molar-refractivity contribution is 9.10. The van der Waals surface area contributed by atoms with Gasteiger partial charge >= 0.3 is 0 Å². The summed E-state index contributed by atoms with van der Waals surface area (Å²) >= 11 is 3.43. The molecule has 0 aliphatic carbocycles. The number of rotatable bonds is 4. The van der Waals surface area contributed by atoms with Crippen LogP contribution >= 0.6 is 15.9 Å². The molecule has 4 heteroatoms. The number of hydrogen-bond donors (Lipinski definition) is 2. The lowest BCUT2D eigenvalue weighted by molar-refractivity contribution is -0.122. The first-order chi connectivity index (χ1) is 9.83. The lowest BCUT2D eigenvalue weighted by Crippen LogP contribution is -2.45. The van der Waals surface area contributed by atoms with E-state index in [4.69, 9.17) is 5.73 Å². The first-order valence-corrected chi connectivity index (χ1v) is 7.53. The normalized spacial score (nSPS) is 13.5. The molecule has 0 fully saturated rings. The van der Waals surface area contributed by atoms with E-state index in [1.807, 2.05) is 57.2 Å². The second kappa shape index (κ2) is 5.90. The predicted octanol–water partition coefficient (Wildman–Crippen LogP) is 3.88. The molecule has 1 amide bonds. The van der Waals surface area contributed by atoms with Gasteiger partial charge in [0.1, 0.15) is 5.54 Å². The number of primary amides is 1. The van der Waals surface area contributed by atoms with Crippen LogP contribution in [0.25, 0.3) is 0 Å². The zero-order valence-electron chi connectivity index (χ0n) is 12.4. The quantitative estimate of drug-likeness (QED) is 0.882. The van der Waals surface area contributed by atoms with E-state index in [0.717, 1.165) is 26.9 Å². The maximum atomic E-state index is 12.1. The van der Waals surface area contributed by atoms with E-state index >= 15 is 0 Å². The molecule has 3 N–H and O–H groups in total. The van der Waals surface area contributed by atoms with E-state index in [1.54, 1.807) is 0 Å². The molecule has 0 aliphatic rings. The molecule has 0 aromatic heterocycles. The van der Waals surface area contributed by atoms with Crippen molar-refractivity contribution in [2.45, 2.75) is 26.3 Å². The largest absolute Gasteiger partial charge is 0.368 e. The Kier molecular flexibility index (Phi) is 4.37. The molecule has 0 radical (unpaired) electrons. The topological polar surface area (TPSA) is 55.1 Å². The smallest absolute Gasteiger partial charge is 0.247 e. The number of halogens is 1. The Balaban J connectivity index is 2.48. The molecule has 0 saturated heterocycles. The summed E-state index contributed by atoms with van der Waals surface area (Å²) in [5.41, 5.74) is 8.65. The number of aryl methyl sites for hydroxylation is 2. The number of carbonyl (C=O) groups excluding carboxylic acids is 1. The molecule has 3 nitrogen and oxygen atoms in total. The molecule has 0 heterocycles. The first kappa shape index (κ1) is 15.6. The SMILES string of the molecule is Cc1ccc(C(C)(Nc2cccc(Br)c2)C(N)=O)c(C)c1. The average molecular weight is 347 g/mol. The van der Waals surface area contributed by atoms with Gasteiger partial charge in [-0.25, -0.2) is 0 Å². The van der Waals surface area contributed by atoms with Crippen LogP contribution in [-0.2, 0) is 10.3 Å². The molecule has 0 aliphatic heterocycles. The van der Waals surface area contributed by atoms with Crippen molar-refractivity contribution in [1.82, 2.24) is 0 Å². The summed E-state index contributed by atoms with van der Waals surface area (Å²) in [6.07, 6.45) is 0. The van der Waals surface area contributed by atoms with E-state index in [1.165, 1.54) is 0 Å². The number of nitrogens with two attached hydrogens (primary N) is 1. The molecular formula is C17H19BrN2O. The molecule has 21 heavy (non-hydrogen) atoms. The van der Waals surface area contributed by atoms with Crippen molar-refractivity contribution in [1.29, 1.82) is 0 Å². The molecule has 0 saturated carbocycles. The van der Waals surface area contributed by atoms with Crippen LogP contribution in [0, 0.1) is 13.8 Å². The average Bonchev–Trinajstić information content (AvgIpc) is 2.38. The van der Waals surface area contributed by atoms with E-state index in [9.17, 15) is 4.79 Å². The van der Waals surface area contributed by atoms with Crippen molar-refractivity contribution in [3.63, 3.8) is 0 Å². The van der Waals surface area contributed by atoms with Crippen molar-refractivity contribution < 1.29 is 4.79 Å². The maximum absolute atomic E-state index is 12.1. The van der Waals surface area contributed by atoms with Crippen LogP contribution in [0.2, 0.25) is 0 Å². The Morgan fingerprint density at radius 2 is 1.90 bits per heavy atom. The number of hydrogen-bond acceptors (Lipinski definition) is 2. The van der Waals surface area contributed by atoms with E-state index in [-0.39, 0.29) is 0 Å². The van der Waals surface area contributed by atoms with Crippen molar-refractivity contribution >= 4 is 27.5 Å². The van der Waals surface area contributed by atoms with Crippen LogP contribution in [0.1, 0.15) is 23.6 Å². The third kappa shape index (κ3) is 3.27. The Morgan fingerprint density at radius 1 is 1.19 bits per heavy atom. The number of nitrogens with one attached hydrogen (secondary N) is 1. The molecule has 110 valence electrons. The van der Waals surface area contributed by atoms with Crippen molar-refractivity contribution in [2.75, 3.05) is 5.32 Å². The third-order valence-electron chi connectivity index (χ3n) is 3.63. The number of anilines is 1. The van der Waals surface area contributed by atoms with E-state index in [2.05, 4.69) is 27.3 Å². The minimum absolute atomic E-state index is 0.408. The summed E-state index contributed by atoms with van der Waals surface area (Å²) in [7, 11) is 0. The molecule has 2 rings (SSSR count). The minimum Gasteiger partial charge on any atom is -0.368 e. The van der Waals surface area contributed by atoms with Gasteiger partial charge in [0.05, 0.1) is 0 Å². The summed E-state index contributed by atoms with van der Waals surface area (Å²) < 4.78 is 0.944. The number of carbonyl (C=O) groups is 1. The molecule has 1 unspecified atom stereocenters. The van der Waals surface area contributed by atoms with Gasteiger partial charge in [-0.15, -0.1) is 0 Å². The highest BCUT2D eigenvalue weighted by Crippen LogP contribution is 2.30. The fourth-order valence-corrected chi connectivity index (χ4v) is 2.89. The van der Waals surface area contributed by atoms with Gasteiger partial charge in [0.25, 0.3) is 0 Å². The lowest BCUT2D eigenvalue weighted by atomic mass is 9.86. The second-order valence-corrected chi connectivity index (χ2v) is 6.36. The van der Waals surface area contributed by atoms with Crippen LogP contribution in [0.4, 0.5) is 5.69 Å². The van der Waals surface area contributed by atoms with Crippen molar-refractivity contribution in [3.8, 4) is 0 Å². The van der Waals surface area contributed by atoms with Crippen LogP contribution in [-0.4, -0.2) is 5.91 Å². The number of benzene rings is 2. The van der Waals surface area contributed by atoms with Gasteiger partial charge in [-0.05, 0) is 50.1 Å².